The number of allylic oxidation sites excluding steroid dienone is 1. The number of benzene rings is 2. The highest BCUT2D eigenvalue weighted by atomic mass is 32.2. The van der Waals surface area contributed by atoms with Crippen LogP contribution in [0, 0.1) is 0 Å². The van der Waals surface area contributed by atoms with Gasteiger partial charge in [-0.05, 0) is 29.2 Å². The molecule has 4 rings (SSSR count). The number of hydrogen-bond donors (Lipinski definition) is 1. The van der Waals surface area contributed by atoms with Crippen LogP contribution in [0.15, 0.2) is 71.1 Å². The molecule has 8 heteroatoms. The van der Waals surface area contributed by atoms with E-state index in [2.05, 4.69) is 42.9 Å². The maximum absolute atomic E-state index is 12.9. The van der Waals surface area contributed by atoms with Crippen molar-refractivity contribution in [3.05, 3.63) is 77.1 Å². The zero-order valence-electron chi connectivity index (χ0n) is 18.3. The lowest BCUT2D eigenvalue weighted by molar-refractivity contribution is -0.113. The zero-order chi connectivity index (χ0) is 22.9. The first-order chi connectivity index (χ1) is 15.3. The molecule has 2 heterocycles. The lowest BCUT2D eigenvalue weighted by atomic mass is 9.86. The van der Waals surface area contributed by atoms with Crippen LogP contribution in [0.2, 0.25) is 0 Å². The molecule has 1 N–H and O–H groups in total. The topological polar surface area (TPSA) is 81.3 Å². The van der Waals surface area contributed by atoms with Crippen molar-refractivity contribution < 1.29 is 4.79 Å². The summed E-state index contributed by atoms with van der Waals surface area (Å²) >= 11 is 1.28. The highest BCUT2D eigenvalue weighted by Crippen LogP contribution is 2.29. The Balaban J connectivity index is 1.65. The van der Waals surface area contributed by atoms with Crippen molar-refractivity contribution in [2.75, 3.05) is 11.1 Å². The van der Waals surface area contributed by atoms with Crippen molar-refractivity contribution in [3.8, 4) is 0 Å². The van der Waals surface area contributed by atoms with Crippen LogP contribution in [0.3, 0.4) is 0 Å². The number of fused-ring (bicyclic) bond motifs is 3. The zero-order valence-corrected chi connectivity index (χ0v) is 19.1. The monoisotopic (exact) mass is 447 g/mol. The van der Waals surface area contributed by atoms with Crippen molar-refractivity contribution in [1.82, 2.24) is 19.2 Å². The maximum Gasteiger partial charge on any atom is 0.263 e. The van der Waals surface area contributed by atoms with Crippen molar-refractivity contribution in [2.24, 2.45) is 0 Å². The highest BCUT2D eigenvalue weighted by Gasteiger charge is 2.20. The minimum absolute atomic E-state index is 0.0893. The van der Waals surface area contributed by atoms with Gasteiger partial charge >= 0.3 is 0 Å². The molecule has 0 unspecified atom stereocenters. The summed E-state index contributed by atoms with van der Waals surface area (Å²) in [5, 5.41) is 12.6. The summed E-state index contributed by atoms with van der Waals surface area (Å²) in [5.74, 6) is 0.454. The van der Waals surface area contributed by atoms with Gasteiger partial charge in [0.2, 0.25) is 11.7 Å². The number of rotatable bonds is 6. The van der Waals surface area contributed by atoms with Crippen LogP contribution in [-0.2, 0) is 16.8 Å². The maximum atomic E-state index is 12.9. The van der Waals surface area contributed by atoms with E-state index in [0.29, 0.717) is 28.4 Å². The summed E-state index contributed by atoms with van der Waals surface area (Å²) in [5.41, 5.74) is 2.36. The summed E-state index contributed by atoms with van der Waals surface area (Å²) in [6.45, 7) is 10.4. The van der Waals surface area contributed by atoms with Gasteiger partial charge in [-0.3, -0.25) is 18.6 Å². The van der Waals surface area contributed by atoms with E-state index in [-0.39, 0.29) is 22.6 Å². The molecule has 0 saturated carbocycles. The first-order valence-corrected chi connectivity index (χ1v) is 11.3. The van der Waals surface area contributed by atoms with Crippen molar-refractivity contribution in [1.29, 1.82) is 0 Å². The summed E-state index contributed by atoms with van der Waals surface area (Å²) in [7, 11) is 0. The molecular weight excluding hydrogens is 422 g/mol. The average molecular weight is 448 g/mol. The molecule has 0 aliphatic carbocycles. The fourth-order valence-corrected chi connectivity index (χ4v) is 4.42. The normalized spacial score (nSPS) is 11.7. The molecule has 0 spiro atoms. The van der Waals surface area contributed by atoms with Crippen LogP contribution in [0.4, 0.5) is 5.69 Å². The van der Waals surface area contributed by atoms with E-state index in [9.17, 15) is 9.59 Å². The Morgan fingerprint density at radius 1 is 1.12 bits per heavy atom. The quantitative estimate of drug-likeness (QED) is 0.353. The van der Waals surface area contributed by atoms with Gasteiger partial charge in [-0.2, -0.15) is 0 Å². The predicted molar refractivity (Wildman–Crippen MR) is 129 cm³/mol. The number of para-hydroxylation sites is 2. The molecule has 0 saturated heterocycles. The molecule has 0 aliphatic rings. The minimum atomic E-state index is -0.145. The van der Waals surface area contributed by atoms with E-state index in [1.165, 1.54) is 16.3 Å². The van der Waals surface area contributed by atoms with E-state index >= 15 is 0 Å². The van der Waals surface area contributed by atoms with Gasteiger partial charge in [0.1, 0.15) is 0 Å². The number of nitrogens with zero attached hydrogens (tertiary/aromatic N) is 4. The average Bonchev–Trinajstić information content (AvgIpc) is 3.19. The molecule has 32 heavy (non-hydrogen) atoms. The summed E-state index contributed by atoms with van der Waals surface area (Å²) in [4.78, 5) is 25.6. The number of thioether (sulfide) groups is 1. The van der Waals surface area contributed by atoms with Gasteiger partial charge in [-0.15, -0.1) is 16.8 Å². The number of aromatic nitrogens is 4. The van der Waals surface area contributed by atoms with E-state index in [1.807, 2.05) is 46.9 Å². The first-order valence-electron chi connectivity index (χ1n) is 10.3. The van der Waals surface area contributed by atoms with E-state index < -0.39 is 0 Å². The van der Waals surface area contributed by atoms with Crippen LogP contribution in [0.25, 0.3) is 16.7 Å². The third-order valence-electron chi connectivity index (χ3n) is 5.13. The Hall–Kier alpha value is -3.39. The lowest BCUT2D eigenvalue weighted by Gasteiger charge is -2.22. The third kappa shape index (κ3) is 4.05. The summed E-state index contributed by atoms with van der Waals surface area (Å²) < 4.78 is 3.35. The lowest BCUT2D eigenvalue weighted by Crippen LogP contribution is -2.23. The number of anilines is 1. The van der Waals surface area contributed by atoms with Gasteiger partial charge in [0.05, 0.1) is 16.7 Å². The van der Waals surface area contributed by atoms with Gasteiger partial charge in [-0.25, -0.2) is 0 Å². The fourth-order valence-electron chi connectivity index (χ4n) is 3.68. The number of carbonyl (C=O) groups excluding carboxylic acids is 1. The molecule has 164 valence electrons. The molecule has 0 aliphatic heterocycles. The van der Waals surface area contributed by atoms with Crippen LogP contribution < -0.4 is 10.9 Å². The second kappa shape index (κ2) is 8.63. The Kier molecular flexibility index (Phi) is 5.88. The van der Waals surface area contributed by atoms with Crippen LogP contribution in [-0.4, -0.2) is 30.8 Å². The molecule has 0 bridgehead atoms. The minimum Gasteiger partial charge on any atom is -0.325 e. The van der Waals surface area contributed by atoms with Crippen molar-refractivity contribution in [2.45, 2.75) is 37.9 Å². The molecule has 0 radical (unpaired) electrons. The van der Waals surface area contributed by atoms with Crippen LogP contribution >= 0.6 is 11.8 Å². The molecule has 0 fully saturated rings. The smallest absolute Gasteiger partial charge is 0.263 e. The molecule has 0 atom stereocenters. The molecule has 4 aromatic rings. The second-order valence-electron chi connectivity index (χ2n) is 8.47. The molecule has 1 amide bonds. The highest BCUT2D eigenvalue weighted by molar-refractivity contribution is 7.99. The molecular formula is C24H25N5O2S. The molecule has 7 nitrogen and oxygen atoms in total. The standard InChI is InChI=1S/C24H25N5O2S/c1-5-14-28-21(31)16-10-6-9-13-19(16)29-22(28)26-27-23(29)32-15-20(30)25-18-12-8-7-11-17(18)24(2,3)4/h5-13H,1,14-15H2,2-4H3,(H,25,30). The third-order valence-corrected chi connectivity index (χ3v) is 6.06. The van der Waals surface area contributed by atoms with Gasteiger partial charge in [0, 0.05) is 12.2 Å². The Morgan fingerprint density at radius 3 is 2.59 bits per heavy atom. The number of hydrogen-bond acceptors (Lipinski definition) is 5. The van der Waals surface area contributed by atoms with Gasteiger partial charge in [-0.1, -0.05) is 68.9 Å². The van der Waals surface area contributed by atoms with Gasteiger partial charge in [0.25, 0.3) is 5.56 Å². The van der Waals surface area contributed by atoms with Crippen LogP contribution in [0.5, 0.6) is 0 Å². The fraction of sp³-hybridized carbons (Fsp3) is 0.250. The number of nitrogens with one attached hydrogen (secondary N) is 1. The molecule has 2 aromatic carbocycles. The first kappa shape index (κ1) is 21.8. The Bertz CT molecular complexity index is 1380. The Morgan fingerprint density at radius 2 is 1.84 bits per heavy atom. The van der Waals surface area contributed by atoms with Crippen molar-refractivity contribution in [3.63, 3.8) is 0 Å². The van der Waals surface area contributed by atoms with E-state index in [4.69, 9.17) is 0 Å². The summed E-state index contributed by atoms with van der Waals surface area (Å²) in [6, 6.07) is 15.2. The largest absolute Gasteiger partial charge is 0.325 e. The predicted octanol–water partition coefficient (Wildman–Crippen LogP) is 4.26. The van der Waals surface area contributed by atoms with Gasteiger partial charge < -0.3 is 5.32 Å². The number of amides is 1. The van der Waals surface area contributed by atoms with Crippen LogP contribution in [0.1, 0.15) is 26.3 Å². The second-order valence-corrected chi connectivity index (χ2v) is 9.41. The van der Waals surface area contributed by atoms with Gasteiger partial charge in [0.15, 0.2) is 5.16 Å². The number of carbonyl (C=O) groups is 1. The summed E-state index contributed by atoms with van der Waals surface area (Å²) in [6.07, 6.45) is 1.65. The van der Waals surface area contributed by atoms with E-state index in [1.54, 1.807) is 12.1 Å². The molecule has 2 aromatic heterocycles. The van der Waals surface area contributed by atoms with E-state index in [0.717, 1.165) is 11.3 Å². The van der Waals surface area contributed by atoms with Crippen molar-refractivity contribution >= 4 is 40.0 Å². The SMILES string of the molecule is C=CCn1c(=O)c2ccccc2n2c(SCC(=O)Nc3ccccc3C(C)(C)C)nnc12. The Labute approximate surface area is 190 Å².